The first-order chi connectivity index (χ1) is 7.20. The third-order valence-electron chi connectivity index (χ3n) is 2.18. The van der Waals surface area contributed by atoms with E-state index in [1.165, 1.54) is 17.0 Å². The van der Waals surface area contributed by atoms with Crippen LogP contribution >= 0.6 is 11.3 Å². The molecule has 1 aromatic heterocycles. The molecule has 15 heavy (non-hydrogen) atoms. The van der Waals surface area contributed by atoms with Crippen molar-refractivity contribution in [3.8, 4) is 11.1 Å². The van der Waals surface area contributed by atoms with E-state index in [0.29, 0.717) is 11.8 Å². The molecule has 2 rings (SSSR count). The van der Waals surface area contributed by atoms with Crippen LogP contribution in [0.15, 0.2) is 29.6 Å². The van der Waals surface area contributed by atoms with Crippen molar-refractivity contribution < 1.29 is 9.18 Å². The Bertz CT molecular complexity index is 502. The van der Waals surface area contributed by atoms with Crippen molar-refractivity contribution in [2.24, 2.45) is 0 Å². The second-order valence-corrected chi connectivity index (χ2v) is 4.41. The molecule has 0 bridgehead atoms. The largest absolute Gasteiger partial charge is 0.298 e. The summed E-state index contributed by atoms with van der Waals surface area (Å²) in [5.74, 6) is -0.382. The molecular weight excluding hydrogens is 211 g/mol. The van der Waals surface area contributed by atoms with Crippen LogP contribution in [0.1, 0.15) is 15.2 Å². The summed E-state index contributed by atoms with van der Waals surface area (Å²) in [7, 11) is 0. The van der Waals surface area contributed by atoms with Crippen LogP contribution in [0, 0.1) is 12.7 Å². The molecule has 0 saturated carbocycles. The van der Waals surface area contributed by atoms with Gasteiger partial charge >= 0.3 is 0 Å². The molecule has 1 nitrogen and oxygen atoms in total. The van der Waals surface area contributed by atoms with E-state index < -0.39 is 0 Å². The van der Waals surface area contributed by atoms with E-state index in [-0.39, 0.29) is 5.82 Å². The highest BCUT2D eigenvalue weighted by molar-refractivity contribution is 7.10. The topological polar surface area (TPSA) is 17.1 Å². The van der Waals surface area contributed by atoms with Crippen molar-refractivity contribution in [1.82, 2.24) is 0 Å². The number of carbonyl (C=O) groups is 1. The van der Waals surface area contributed by atoms with Gasteiger partial charge in [0.2, 0.25) is 0 Å². The summed E-state index contributed by atoms with van der Waals surface area (Å²) < 4.78 is 12.9. The van der Waals surface area contributed by atoms with Gasteiger partial charge in [0, 0.05) is 10.4 Å². The quantitative estimate of drug-likeness (QED) is 0.706. The average Bonchev–Trinajstić information content (AvgIpc) is 2.64. The summed E-state index contributed by atoms with van der Waals surface area (Å²) in [4.78, 5) is 12.0. The zero-order chi connectivity index (χ0) is 10.8. The lowest BCUT2D eigenvalue weighted by Gasteiger charge is -2.01. The Kier molecular flexibility index (Phi) is 2.64. The fraction of sp³-hybridized carbons (Fsp3) is 0.0833. The van der Waals surface area contributed by atoms with Crippen molar-refractivity contribution in [2.75, 3.05) is 0 Å². The maximum atomic E-state index is 12.9. The molecule has 0 spiro atoms. The Morgan fingerprint density at radius 1 is 1.33 bits per heavy atom. The number of hydrogen-bond acceptors (Lipinski definition) is 2. The van der Waals surface area contributed by atoms with E-state index in [0.717, 1.165) is 11.1 Å². The van der Waals surface area contributed by atoms with Gasteiger partial charge in [-0.15, -0.1) is 11.3 Å². The number of aryl methyl sites for hydroxylation is 1. The summed E-state index contributed by atoms with van der Waals surface area (Å²) in [6.07, 6.45) is 0.686. The minimum atomic E-state index is -0.382. The molecule has 1 aromatic carbocycles. The minimum absolute atomic E-state index is 0.382. The normalized spacial score (nSPS) is 10.3. The van der Waals surface area contributed by atoms with Gasteiger partial charge in [0.1, 0.15) is 5.82 Å². The first kappa shape index (κ1) is 10.1. The van der Waals surface area contributed by atoms with Gasteiger partial charge in [0.15, 0.2) is 6.29 Å². The molecule has 0 N–H and O–H groups in total. The predicted octanol–water partition coefficient (Wildman–Crippen LogP) is 3.68. The highest BCUT2D eigenvalue weighted by Crippen LogP contribution is 2.27. The molecule has 0 atom stereocenters. The van der Waals surface area contributed by atoms with Gasteiger partial charge in [-0.3, -0.25) is 4.79 Å². The smallest absolute Gasteiger partial charge is 0.150 e. The molecule has 3 heteroatoms. The Morgan fingerprint density at radius 3 is 2.73 bits per heavy atom. The maximum Gasteiger partial charge on any atom is 0.150 e. The van der Waals surface area contributed by atoms with Gasteiger partial charge in [-0.1, -0.05) is 6.07 Å². The van der Waals surface area contributed by atoms with Crippen LogP contribution < -0.4 is 0 Å². The lowest BCUT2D eigenvalue weighted by atomic mass is 10.0. The number of carbonyl (C=O) groups excluding carboxylic acids is 1. The van der Waals surface area contributed by atoms with Crippen LogP contribution in [0.3, 0.4) is 0 Å². The highest BCUT2D eigenvalue weighted by atomic mass is 32.1. The second-order valence-electron chi connectivity index (χ2n) is 3.30. The van der Waals surface area contributed by atoms with E-state index in [1.807, 2.05) is 18.4 Å². The fourth-order valence-corrected chi connectivity index (χ4v) is 2.18. The number of thiophene rings is 1. The van der Waals surface area contributed by atoms with Crippen LogP contribution in [0.2, 0.25) is 0 Å². The SMILES string of the molecule is Cc1cc(-c2ccc(F)cc2C=O)cs1. The molecule has 1 heterocycles. The van der Waals surface area contributed by atoms with Gasteiger partial charge in [0.05, 0.1) is 0 Å². The zero-order valence-corrected chi connectivity index (χ0v) is 8.98. The third kappa shape index (κ3) is 1.97. The zero-order valence-electron chi connectivity index (χ0n) is 8.16. The molecule has 0 aliphatic carbocycles. The standard InChI is InChI=1S/C12H9FOS/c1-8-4-10(7-15-8)12-3-2-11(13)5-9(12)6-14/h2-7H,1H3. The van der Waals surface area contributed by atoms with Gasteiger partial charge in [0.25, 0.3) is 0 Å². The van der Waals surface area contributed by atoms with E-state index in [4.69, 9.17) is 0 Å². The van der Waals surface area contributed by atoms with Crippen molar-refractivity contribution >= 4 is 17.6 Å². The number of halogens is 1. The van der Waals surface area contributed by atoms with Gasteiger partial charge < -0.3 is 0 Å². The molecule has 0 aliphatic rings. The molecule has 0 fully saturated rings. The molecule has 0 saturated heterocycles. The minimum Gasteiger partial charge on any atom is -0.298 e. The summed E-state index contributed by atoms with van der Waals surface area (Å²) in [6, 6.07) is 6.26. The molecule has 2 aromatic rings. The Hall–Kier alpha value is -1.48. The summed E-state index contributed by atoms with van der Waals surface area (Å²) in [6.45, 7) is 2.00. The Labute approximate surface area is 91.2 Å². The summed E-state index contributed by atoms with van der Waals surface area (Å²) >= 11 is 1.61. The van der Waals surface area contributed by atoms with Crippen molar-refractivity contribution in [2.45, 2.75) is 6.92 Å². The molecule has 76 valence electrons. The van der Waals surface area contributed by atoms with Crippen molar-refractivity contribution in [3.63, 3.8) is 0 Å². The fourth-order valence-electron chi connectivity index (χ4n) is 1.48. The molecule has 0 aliphatic heterocycles. The molecule has 0 radical (unpaired) electrons. The predicted molar refractivity (Wildman–Crippen MR) is 59.8 cm³/mol. The van der Waals surface area contributed by atoms with Crippen LogP contribution in [-0.4, -0.2) is 6.29 Å². The van der Waals surface area contributed by atoms with Gasteiger partial charge in [-0.2, -0.15) is 0 Å². The van der Waals surface area contributed by atoms with Crippen molar-refractivity contribution in [1.29, 1.82) is 0 Å². The average molecular weight is 220 g/mol. The monoisotopic (exact) mass is 220 g/mol. The van der Waals surface area contributed by atoms with Crippen molar-refractivity contribution in [3.05, 3.63) is 45.9 Å². The third-order valence-corrected chi connectivity index (χ3v) is 3.04. The van der Waals surface area contributed by atoms with E-state index in [1.54, 1.807) is 17.4 Å². The number of rotatable bonds is 2. The summed E-state index contributed by atoms with van der Waals surface area (Å²) in [5, 5.41) is 1.97. The lowest BCUT2D eigenvalue weighted by Crippen LogP contribution is -1.87. The molecule has 0 amide bonds. The first-order valence-corrected chi connectivity index (χ1v) is 5.39. The van der Waals surface area contributed by atoms with Crippen LogP contribution in [0.25, 0.3) is 11.1 Å². The maximum absolute atomic E-state index is 12.9. The van der Waals surface area contributed by atoms with Crippen LogP contribution in [0.4, 0.5) is 4.39 Å². The number of aldehydes is 1. The summed E-state index contributed by atoms with van der Waals surface area (Å²) in [5.41, 5.74) is 2.16. The lowest BCUT2D eigenvalue weighted by molar-refractivity contribution is 0.112. The number of benzene rings is 1. The van der Waals surface area contributed by atoms with E-state index in [9.17, 15) is 9.18 Å². The number of hydrogen-bond donors (Lipinski definition) is 0. The second kappa shape index (κ2) is 3.95. The molecule has 0 unspecified atom stereocenters. The van der Waals surface area contributed by atoms with Gasteiger partial charge in [-0.05, 0) is 41.6 Å². The van der Waals surface area contributed by atoms with Crippen LogP contribution in [0.5, 0.6) is 0 Å². The van der Waals surface area contributed by atoms with E-state index >= 15 is 0 Å². The van der Waals surface area contributed by atoms with Gasteiger partial charge in [-0.25, -0.2) is 4.39 Å². The van der Waals surface area contributed by atoms with E-state index in [2.05, 4.69) is 0 Å². The highest BCUT2D eigenvalue weighted by Gasteiger charge is 2.06. The first-order valence-electron chi connectivity index (χ1n) is 4.51. The molecular formula is C12H9FOS. The van der Waals surface area contributed by atoms with Crippen LogP contribution in [-0.2, 0) is 0 Å². The Morgan fingerprint density at radius 2 is 2.13 bits per heavy atom. The Balaban J connectivity index is 2.57.